The molecule has 0 aliphatic heterocycles. The highest BCUT2D eigenvalue weighted by molar-refractivity contribution is 7.92. The molecule has 0 fully saturated rings. The summed E-state index contributed by atoms with van der Waals surface area (Å²) in [6.07, 6.45) is 0. The molecular weight excluding hydrogens is 336 g/mol. The van der Waals surface area contributed by atoms with Crippen LogP contribution in [-0.2, 0) is 10.0 Å². The van der Waals surface area contributed by atoms with Gasteiger partial charge in [0.2, 0.25) is 0 Å². The Kier molecular flexibility index (Phi) is 5.85. The molecule has 0 radical (unpaired) electrons. The molecule has 0 spiro atoms. The van der Waals surface area contributed by atoms with Crippen molar-refractivity contribution >= 4 is 21.6 Å². The highest BCUT2D eigenvalue weighted by atomic mass is 32.2. The lowest BCUT2D eigenvalue weighted by molar-refractivity contribution is 0.0943. The average Bonchev–Trinajstić information content (AvgIpc) is 2.55. The van der Waals surface area contributed by atoms with Crippen molar-refractivity contribution in [3.05, 3.63) is 59.7 Å². The highest BCUT2D eigenvalue weighted by Gasteiger charge is 2.24. The van der Waals surface area contributed by atoms with E-state index in [1.54, 1.807) is 25.1 Å². The van der Waals surface area contributed by atoms with Gasteiger partial charge in [-0.1, -0.05) is 18.2 Å². The summed E-state index contributed by atoms with van der Waals surface area (Å²) in [4.78, 5) is 12.3. The third-order valence-corrected chi connectivity index (χ3v) is 5.58. The highest BCUT2D eigenvalue weighted by Crippen LogP contribution is 2.24. The van der Waals surface area contributed by atoms with E-state index in [0.29, 0.717) is 17.8 Å². The van der Waals surface area contributed by atoms with Crippen LogP contribution in [0.5, 0.6) is 0 Å². The fraction of sp³-hybridized carbons (Fsp3) is 0.316. The van der Waals surface area contributed by atoms with E-state index >= 15 is 0 Å². The van der Waals surface area contributed by atoms with Gasteiger partial charge in [0.05, 0.1) is 10.6 Å². The third-order valence-electron chi connectivity index (χ3n) is 3.68. The predicted octanol–water partition coefficient (Wildman–Crippen LogP) is 3.35. The van der Waals surface area contributed by atoms with E-state index in [-0.39, 0.29) is 16.8 Å². The second-order valence-corrected chi connectivity index (χ2v) is 8.03. The van der Waals surface area contributed by atoms with Crippen LogP contribution in [0.3, 0.4) is 0 Å². The summed E-state index contributed by atoms with van der Waals surface area (Å²) in [6.45, 7) is 7.72. The molecule has 0 aromatic heterocycles. The molecule has 0 unspecified atom stereocenters. The Balaban J connectivity index is 2.43. The Labute approximate surface area is 149 Å². The quantitative estimate of drug-likeness (QED) is 0.859. The first-order chi connectivity index (χ1) is 11.8. The van der Waals surface area contributed by atoms with Gasteiger partial charge in [0.15, 0.2) is 0 Å². The van der Waals surface area contributed by atoms with Crippen molar-refractivity contribution in [1.82, 2.24) is 5.32 Å². The Bertz CT molecular complexity index is 860. The molecule has 25 heavy (non-hydrogen) atoms. The topological polar surface area (TPSA) is 66.5 Å². The largest absolute Gasteiger partial charge is 0.350 e. The number of carbonyl (C=O) groups excluding carboxylic acids is 1. The zero-order chi connectivity index (χ0) is 18.6. The molecule has 134 valence electrons. The van der Waals surface area contributed by atoms with Gasteiger partial charge in [-0.05, 0) is 63.6 Å². The van der Waals surface area contributed by atoms with Crippen LogP contribution < -0.4 is 9.62 Å². The van der Waals surface area contributed by atoms with Gasteiger partial charge in [-0.25, -0.2) is 8.42 Å². The molecule has 2 rings (SSSR count). The maximum atomic E-state index is 13.1. The van der Waals surface area contributed by atoms with Crippen LogP contribution >= 0.6 is 0 Å². The third kappa shape index (κ3) is 4.39. The molecule has 0 aliphatic rings. The van der Waals surface area contributed by atoms with Crippen LogP contribution in [0.15, 0.2) is 53.4 Å². The van der Waals surface area contributed by atoms with Crippen molar-refractivity contribution in [3.8, 4) is 0 Å². The fourth-order valence-electron chi connectivity index (χ4n) is 2.54. The van der Waals surface area contributed by atoms with Gasteiger partial charge in [0.25, 0.3) is 15.9 Å². The lowest BCUT2D eigenvalue weighted by Gasteiger charge is -2.23. The normalized spacial score (nSPS) is 11.4. The van der Waals surface area contributed by atoms with Gasteiger partial charge >= 0.3 is 0 Å². The summed E-state index contributed by atoms with van der Waals surface area (Å²) >= 11 is 0. The lowest BCUT2D eigenvalue weighted by Crippen LogP contribution is -2.32. The molecule has 5 nitrogen and oxygen atoms in total. The maximum absolute atomic E-state index is 13.1. The van der Waals surface area contributed by atoms with Crippen molar-refractivity contribution in [2.75, 3.05) is 10.8 Å². The maximum Gasteiger partial charge on any atom is 0.264 e. The van der Waals surface area contributed by atoms with Crippen LogP contribution in [0, 0.1) is 6.92 Å². The molecule has 0 saturated carbocycles. The number of sulfonamides is 1. The number of hydrogen-bond acceptors (Lipinski definition) is 3. The number of aryl methyl sites for hydroxylation is 1. The Morgan fingerprint density at radius 3 is 2.40 bits per heavy atom. The summed E-state index contributed by atoms with van der Waals surface area (Å²) in [5.41, 5.74) is 1.92. The molecule has 0 aliphatic carbocycles. The summed E-state index contributed by atoms with van der Waals surface area (Å²) in [7, 11) is -3.75. The molecule has 2 aromatic carbocycles. The van der Waals surface area contributed by atoms with Crippen molar-refractivity contribution in [2.24, 2.45) is 0 Å². The molecule has 2 aromatic rings. The minimum atomic E-state index is -3.75. The molecule has 0 bridgehead atoms. The summed E-state index contributed by atoms with van der Waals surface area (Å²) in [5, 5.41) is 2.77. The van der Waals surface area contributed by atoms with E-state index in [9.17, 15) is 13.2 Å². The fourth-order valence-corrected chi connectivity index (χ4v) is 4.06. The van der Waals surface area contributed by atoms with E-state index < -0.39 is 10.0 Å². The van der Waals surface area contributed by atoms with Crippen LogP contribution in [0.25, 0.3) is 0 Å². The minimum absolute atomic E-state index is 0.0211. The van der Waals surface area contributed by atoms with E-state index in [2.05, 4.69) is 5.32 Å². The van der Waals surface area contributed by atoms with Gasteiger partial charge in [-0.15, -0.1) is 0 Å². The molecule has 1 N–H and O–H groups in total. The Morgan fingerprint density at radius 1 is 1.12 bits per heavy atom. The van der Waals surface area contributed by atoms with Gasteiger partial charge in [-0.2, -0.15) is 0 Å². The monoisotopic (exact) mass is 360 g/mol. The zero-order valence-corrected chi connectivity index (χ0v) is 15.8. The van der Waals surface area contributed by atoms with Crippen LogP contribution in [0.2, 0.25) is 0 Å². The number of anilines is 1. The van der Waals surface area contributed by atoms with Crippen molar-refractivity contribution in [1.29, 1.82) is 0 Å². The molecule has 6 heteroatoms. The van der Waals surface area contributed by atoms with Crippen LogP contribution in [0.1, 0.15) is 36.7 Å². The summed E-state index contributed by atoms with van der Waals surface area (Å²) in [5.74, 6) is -0.286. The van der Waals surface area contributed by atoms with E-state index in [1.165, 1.54) is 16.4 Å². The van der Waals surface area contributed by atoms with Crippen molar-refractivity contribution in [2.45, 2.75) is 38.6 Å². The predicted molar refractivity (Wildman–Crippen MR) is 100 cm³/mol. The van der Waals surface area contributed by atoms with E-state index in [1.807, 2.05) is 39.0 Å². The van der Waals surface area contributed by atoms with Crippen molar-refractivity contribution in [3.63, 3.8) is 0 Å². The number of benzene rings is 2. The number of hydrogen-bond donors (Lipinski definition) is 1. The van der Waals surface area contributed by atoms with Gasteiger partial charge < -0.3 is 5.32 Å². The second-order valence-electron chi connectivity index (χ2n) is 6.16. The van der Waals surface area contributed by atoms with E-state index in [0.717, 1.165) is 5.56 Å². The van der Waals surface area contributed by atoms with Gasteiger partial charge in [0, 0.05) is 18.2 Å². The lowest BCUT2D eigenvalue weighted by atomic mass is 10.2. The van der Waals surface area contributed by atoms with E-state index in [4.69, 9.17) is 0 Å². The number of nitrogens with zero attached hydrogens (tertiary/aromatic N) is 1. The SMILES string of the molecule is CCN(c1cccc(C)c1)S(=O)(=O)c1cccc(C(=O)NC(C)C)c1. The Hall–Kier alpha value is -2.34. The number of carbonyl (C=O) groups is 1. The molecule has 0 atom stereocenters. The summed E-state index contributed by atoms with van der Waals surface area (Å²) in [6, 6.07) is 13.5. The molecular formula is C19H24N2O3S. The molecule has 0 heterocycles. The Morgan fingerprint density at radius 2 is 1.80 bits per heavy atom. The first-order valence-corrected chi connectivity index (χ1v) is 9.70. The number of nitrogens with one attached hydrogen (secondary N) is 1. The minimum Gasteiger partial charge on any atom is -0.350 e. The first kappa shape index (κ1) is 19.0. The van der Waals surface area contributed by atoms with Crippen LogP contribution in [-0.4, -0.2) is 26.9 Å². The van der Waals surface area contributed by atoms with Gasteiger partial charge in [-0.3, -0.25) is 9.10 Å². The first-order valence-electron chi connectivity index (χ1n) is 8.26. The summed E-state index contributed by atoms with van der Waals surface area (Å²) < 4.78 is 27.5. The second kappa shape index (κ2) is 7.70. The van der Waals surface area contributed by atoms with Gasteiger partial charge in [0.1, 0.15) is 0 Å². The molecule has 0 saturated heterocycles. The smallest absolute Gasteiger partial charge is 0.264 e. The zero-order valence-electron chi connectivity index (χ0n) is 15.0. The van der Waals surface area contributed by atoms with Crippen LogP contribution in [0.4, 0.5) is 5.69 Å². The molecule has 1 amide bonds. The average molecular weight is 360 g/mol. The number of rotatable bonds is 6. The number of amides is 1. The van der Waals surface area contributed by atoms with Crippen molar-refractivity contribution < 1.29 is 13.2 Å². The standard InChI is InChI=1S/C19H24N2O3S/c1-5-21(17-10-6-8-15(4)12-17)25(23,24)18-11-7-9-16(13-18)19(22)20-14(2)3/h6-14H,5H2,1-4H3,(H,20,22).